The van der Waals surface area contributed by atoms with Crippen LogP contribution in [-0.2, 0) is 4.79 Å². The Morgan fingerprint density at radius 3 is 2.61 bits per heavy atom. The lowest BCUT2D eigenvalue weighted by Crippen LogP contribution is -2.40. The summed E-state index contributed by atoms with van der Waals surface area (Å²) in [6, 6.07) is 6.96. The Hall–Kier alpha value is -1.36. The van der Waals surface area contributed by atoms with Crippen molar-refractivity contribution in [2.24, 2.45) is 5.41 Å². The zero-order chi connectivity index (χ0) is 13.8. The van der Waals surface area contributed by atoms with Gasteiger partial charge < -0.3 is 10.4 Å². The number of carboxylic acid groups (broad SMARTS) is 1. The van der Waals surface area contributed by atoms with Gasteiger partial charge in [0.05, 0.1) is 5.41 Å². The Morgan fingerprint density at radius 1 is 1.44 bits per heavy atom. The summed E-state index contributed by atoms with van der Waals surface area (Å²) in [6.45, 7) is 3.53. The highest BCUT2D eigenvalue weighted by Gasteiger charge is 2.31. The zero-order valence-corrected chi connectivity index (χ0v) is 12.0. The molecule has 5 heteroatoms. The molecule has 0 fully saturated rings. The van der Waals surface area contributed by atoms with Crippen LogP contribution in [0.5, 0.6) is 0 Å². The maximum atomic E-state index is 11.9. The first-order valence-corrected chi connectivity index (χ1v) is 6.45. The predicted octanol–water partition coefficient (Wildman–Crippen LogP) is 2.68. The minimum absolute atomic E-state index is 0.115. The van der Waals surface area contributed by atoms with E-state index in [9.17, 15) is 9.59 Å². The summed E-state index contributed by atoms with van der Waals surface area (Å²) >= 11 is 3.28. The van der Waals surface area contributed by atoms with E-state index in [-0.39, 0.29) is 12.5 Å². The van der Waals surface area contributed by atoms with Gasteiger partial charge in [0.15, 0.2) is 0 Å². The van der Waals surface area contributed by atoms with Crippen molar-refractivity contribution in [2.75, 3.05) is 6.54 Å². The van der Waals surface area contributed by atoms with E-state index in [4.69, 9.17) is 5.11 Å². The maximum absolute atomic E-state index is 11.9. The van der Waals surface area contributed by atoms with Crippen molar-refractivity contribution in [3.05, 3.63) is 34.3 Å². The van der Waals surface area contributed by atoms with Crippen LogP contribution in [0, 0.1) is 5.41 Å². The molecule has 0 heterocycles. The molecule has 1 unspecified atom stereocenters. The van der Waals surface area contributed by atoms with Crippen LogP contribution in [-0.4, -0.2) is 23.5 Å². The Kier molecular flexibility index (Phi) is 4.90. The molecular formula is C13H16BrNO3. The third-order valence-electron chi connectivity index (χ3n) is 3.02. The first kappa shape index (κ1) is 14.7. The van der Waals surface area contributed by atoms with E-state index in [1.54, 1.807) is 32.0 Å². The number of carbonyl (C=O) groups excluding carboxylic acids is 1. The van der Waals surface area contributed by atoms with Crippen molar-refractivity contribution in [1.82, 2.24) is 5.32 Å². The molecule has 1 aromatic carbocycles. The van der Waals surface area contributed by atoms with Crippen molar-refractivity contribution in [3.63, 3.8) is 0 Å². The number of hydrogen-bond donors (Lipinski definition) is 2. The third kappa shape index (κ3) is 3.57. The molecular weight excluding hydrogens is 298 g/mol. The van der Waals surface area contributed by atoms with Crippen LogP contribution < -0.4 is 5.32 Å². The average molecular weight is 314 g/mol. The van der Waals surface area contributed by atoms with E-state index in [1.807, 2.05) is 6.07 Å². The zero-order valence-electron chi connectivity index (χ0n) is 10.4. The number of benzene rings is 1. The van der Waals surface area contributed by atoms with E-state index in [2.05, 4.69) is 21.2 Å². The normalized spacial score (nSPS) is 13.7. The number of amides is 1. The first-order valence-electron chi connectivity index (χ1n) is 5.66. The third-order valence-corrected chi connectivity index (χ3v) is 3.52. The predicted molar refractivity (Wildman–Crippen MR) is 72.5 cm³/mol. The van der Waals surface area contributed by atoms with Gasteiger partial charge in [-0.1, -0.05) is 28.9 Å². The van der Waals surface area contributed by atoms with Crippen LogP contribution in [0.4, 0.5) is 0 Å². The molecule has 0 aliphatic rings. The quantitative estimate of drug-likeness (QED) is 0.878. The summed E-state index contributed by atoms with van der Waals surface area (Å²) in [6.07, 6.45) is 0.459. The molecule has 1 atom stereocenters. The second kappa shape index (κ2) is 6.00. The standard InChI is InChI=1S/C13H16BrNO3/c1-3-13(2,12(17)18)8-15-11(16)9-5-4-6-10(14)7-9/h4-7H,3,8H2,1-2H3,(H,15,16)(H,17,18). The first-order chi connectivity index (χ1) is 8.39. The summed E-state index contributed by atoms with van der Waals surface area (Å²) < 4.78 is 0.812. The fourth-order valence-corrected chi connectivity index (χ4v) is 1.76. The van der Waals surface area contributed by atoms with E-state index in [0.29, 0.717) is 12.0 Å². The van der Waals surface area contributed by atoms with Crippen molar-refractivity contribution in [3.8, 4) is 0 Å². The Balaban J connectivity index is 2.69. The number of aliphatic carboxylic acids is 1. The molecule has 0 bridgehead atoms. The largest absolute Gasteiger partial charge is 0.481 e. The second-order valence-electron chi connectivity index (χ2n) is 4.41. The average Bonchev–Trinajstić information content (AvgIpc) is 2.35. The van der Waals surface area contributed by atoms with Gasteiger partial charge in [0.2, 0.25) is 0 Å². The lowest BCUT2D eigenvalue weighted by molar-refractivity contribution is -0.147. The molecule has 0 aliphatic carbocycles. The van der Waals surface area contributed by atoms with Crippen molar-refractivity contribution in [1.29, 1.82) is 0 Å². The lowest BCUT2D eigenvalue weighted by atomic mass is 9.87. The number of carbonyl (C=O) groups is 2. The molecule has 2 N–H and O–H groups in total. The van der Waals surface area contributed by atoms with E-state index < -0.39 is 11.4 Å². The molecule has 0 aromatic heterocycles. The van der Waals surface area contributed by atoms with Gasteiger partial charge in [-0.15, -0.1) is 0 Å². The van der Waals surface area contributed by atoms with Gasteiger partial charge >= 0.3 is 5.97 Å². The highest BCUT2D eigenvalue weighted by atomic mass is 79.9. The van der Waals surface area contributed by atoms with E-state index >= 15 is 0 Å². The number of nitrogens with one attached hydrogen (secondary N) is 1. The topological polar surface area (TPSA) is 66.4 Å². The van der Waals surface area contributed by atoms with Crippen molar-refractivity contribution < 1.29 is 14.7 Å². The van der Waals surface area contributed by atoms with E-state index in [1.165, 1.54) is 0 Å². The Morgan fingerprint density at radius 2 is 2.11 bits per heavy atom. The van der Waals surface area contributed by atoms with Crippen LogP contribution in [0.15, 0.2) is 28.7 Å². The fraction of sp³-hybridized carbons (Fsp3) is 0.385. The summed E-state index contributed by atoms with van der Waals surface area (Å²) in [7, 11) is 0. The molecule has 98 valence electrons. The summed E-state index contributed by atoms with van der Waals surface area (Å²) in [5, 5.41) is 11.8. The summed E-state index contributed by atoms with van der Waals surface area (Å²) in [4.78, 5) is 23.0. The smallest absolute Gasteiger partial charge is 0.311 e. The van der Waals surface area contributed by atoms with Crippen LogP contribution in [0.3, 0.4) is 0 Å². The molecule has 0 saturated heterocycles. The fourth-order valence-electron chi connectivity index (χ4n) is 1.36. The molecule has 4 nitrogen and oxygen atoms in total. The minimum atomic E-state index is -0.929. The van der Waals surface area contributed by atoms with Crippen molar-refractivity contribution >= 4 is 27.8 Å². The van der Waals surface area contributed by atoms with Crippen LogP contribution in [0.2, 0.25) is 0 Å². The van der Waals surface area contributed by atoms with Gasteiger partial charge in [0.1, 0.15) is 0 Å². The van der Waals surface area contributed by atoms with Crippen molar-refractivity contribution in [2.45, 2.75) is 20.3 Å². The summed E-state index contributed by atoms with van der Waals surface area (Å²) in [5.41, 5.74) is -0.421. The number of rotatable bonds is 5. The SMILES string of the molecule is CCC(C)(CNC(=O)c1cccc(Br)c1)C(=O)O. The molecule has 0 aliphatic heterocycles. The Bertz CT molecular complexity index is 461. The molecule has 0 saturated carbocycles. The molecule has 0 spiro atoms. The van der Waals surface area contributed by atoms with Gasteiger partial charge in [-0.2, -0.15) is 0 Å². The van der Waals surface area contributed by atoms with Gasteiger partial charge in [-0.05, 0) is 31.5 Å². The van der Waals surface area contributed by atoms with Crippen LogP contribution in [0.1, 0.15) is 30.6 Å². The van der Waals surface area contributed by atoms with Crippen LogP contribution in [0.25, 0.3) is 0 Å². The molecule has 1 rings (SSSR count). The number of carboxylic acids is 1. The molecule has 1 aromatic rings. The summed E-state index contributed by atoms with van der Waals surface area (Å²) in [5.74, 6) is -1.17. The highest BCUT2D eigenvalue weighted by molar-refractivity contribution is 9.10. The lowest BCUT2D eigenvalue weighted by Gasteiger charge is -2.23. The molecule has 0 radical (unpaired) electrons. The van der Waals surface area contributed by atoms with Gasteiger partial charge in [0.25, 0.3) is 5.91 Å². The van der Waals surface area contributed by atoms with Gasteiger partial charge in [-0.25, -0.2) is 0 Å². The second-order valence-corrected chi connectivity index (χ2v) is 5.33. The monoisotopic (exact) mass is 313 g/mol. The minimum Gasteiger partial charge on any atom is -0.481 e. The van der Waals surface area contributed by atoms with E-state index in [0.717, 1.165) is 4.47 Å². The number of halogens is 1. The maximum Gasteiger partial charge on any atom is 0.311 e. The highest BCUT2D eigenvalue weighted by Crippen LogP contribution is 2.20. The number of hydrogen-bond acceptors (Lipinski definition) is 2. The van der Waals surface area contributed by atoms with Gasteiger partial charge in [-0.3, -0.25) is 9.59 Å². The molecule has 1 amide bonds. The van der Waals surface area contributed by atoms with Crippen LogP contribution >= 0.6 is 15.9 Å². The van der Waals surface area contributed by atoms with Gasteiger partial charge in [0, 0.05) is 16.6 Å². The Labute approximate surface area is 115 Å². The molecule has 18 heavy (non-hydrogen) atoms.